The Morgan fingerprint density at radius 1 is 0.971 bits per heavy atom. The lowest BCUT2D eigenvalue weighted by atomic mass is 10.0. The second-order valence-electron chi connectivity index (χ2n) is 8.61. The monoisotopic (exact) mass is 463 g/mol. The van der Waals surface area contributed by atoms with Gasteiger partial charge in [0, 0.05) is 54.1 Å². The number of para-hydroxylation sites is 1. The van der Waals surface area contributed by atoms with Gasteiger partial charge in [0.1, 0.15) is 0 Å². The molecule has 35 heavy (non-hydrogen) atoms. The number of pyridine rings is 1. The van der Waals surface area contributed by atoms with E-state index in [9.17, 15) is 4.79 Å². The summed E-state index contributed by atoms with van der Waals surface area (Å²) < 4.78 is 2.06. The van der Waals surface area contributed by atoms with Gasteiger partial charge >= 0.3 is 0 Å². The smallest absolute Gasteiger partial charge is 0.256 e. The normalized spacial score (nSPS) is 11.8. The largest absolute Gasteiger partial charge is 0.356 e. The third kappa shape index (κ3) is 4.82. The fourth-order valence-corrected chi connectivity index (χ4v) is 4.42. The number of aromatic nitrogens is 2. The lowest BCUT2D eigenvalue weighted by Crippen LogP contribution is -2.30. The summed E-state index contributed by atoms with van der Waals surface area (Å²) in [4.78, 5) is 20.9. The summed E-state index contributed by atoms with van der Waals surface area (Å²) in [5.74, 6) is 0.720. The Balaban J connectivity index is 1.41. The predicted molar refractivity (Wildman–Crippen MR) is 146 cm³/mol. The molecule has 0 atom stereocenters. The van der Waals surface area contributed by atoms with E-state index >= 15 is 0 Å². The number of rotatable bonds is 6. The van der Waals surface area contributed by atoms with E-state index in [0.717, 1.165) is 52.0 Å². The van der Waals surface area contributed by atoms with Crippen LogP contribution in [0.3, 0.4) is 0 Å². The molecule has 0 fully saturated rings. The Hall–Kier alpha value is -4.32. The minimum Gasteiger partial charge on any atom is -0.356 e. The molecule has 0 unspecified atom stereocenters. The fraction of sp³-hybridized carbons (Fsp3) is 0.172. The molecule has 6 heteroatoms. The molecule has 3 aromatic carbocycles. The van der Waals surface area contributed by atoms with Gasteiger partial charge in [0.15, 0.2) is 5.96 Å². The molecular formula is C29H29N5O. The van der Waals surface area contributed by atoms with Gasteiger partial charge in [-0.25, -0.2) is 0 Å². The third-order valence-corrected chi connectivity index (χ3v) is 6.15. The molecule has 0 amide bonds. The zero-order valence-electron chi connectivity index (χ0n) is 20.0. The van der Waals surface area contributed by atoms with Gasteiger partial charge in [-0.3, -0.25) is 9.79 Å². The lowest BCUT2D eigenvalue weighted by Gasteiger charge is -2.12. The maximum Gasteiger partial charge on any atom is 0.256 e. The molecule has 5 aromatic rings. The second kappa shape index (κ2) is 9.89. The summed E-state index contributed by atoms with van der Waals surface area (Å²) in [6, 6.07) is 26.4. The van der Waals surface area contributed by atoms with E-state index in [2.05, 4.69) is 44.5 Å². The highest BCUT2D eigenvalue weighted by Gasteiger charge is 2.13. The van der Waals surface area contributed by atoms with E-state index in [1.54, 1.807) is 0 Å². The van der Waals surface area contributed by atoms with Crippen LogP contribution in [-0.2, 0) is 13.5 Å². The van der Waals surface area contributed by atoms with E-state index in [0.29, 0.717) is 12.1 Å². The highest BCUT2D eigenvalue weighted by molar-refractivity contribution is 5.99. The number of nitrogens with zero attached hydrogens (tertiary/aromatic N) is 2. The van der Waals surface area contributed by atoms with Crippen molar-refractivity contribution in [3.05, 3.63) is 101 Å². The number of guanidine groups is 1. The standard InChI is InChI=1S/C29H29N5O/c1-3-30-29(31-16-15-20-9-5-4-6-10-20)32-22-14-13-21-17-24(28(35)33-26(21)18-22)25-19-34(2)27-12-8-7-11-23(25)27/h4-14,17-19H,3,15-16H2,1-2H3,(H,33,35)(H2,30,31,32). The molecule has 0 aliphatic rings. The second-order valence-corrected chi connectivity index (χ2v) is 8.61. The third-order valence-electron chi connectivity index (χ3n) is 6.15. The Bertz CT molecular complexity index is 1560. The predicted octanol–water partition coefficient (Wildman–Crippen LogP) is 5.31. The molecule has 6 nitrogen and oxygen atoms in total. The van der Waals surface area contributed by atoms with Crippen LogP contribution in [0.1, 0.15) is 12.5 Å². The van der Waals surface area contributed by atoms with Gasteiger partial charge in [0.25, 0.3) is 5.56 Å². The molecule has 0 bridgehead atoms. The van der Waals surface area contributed by atoms with Crippen molar-refractivity contribution in [1.82, 2.24) is 14.9 Å². The number of aliphatic imine (C=N–C) groups is 1. The molecule has 0 saturated heterocycles. The Kier molecular flexibility index (Phi) is 6.35. The van der Waals surface area contributed by atoms with Crippen molar-refractivity contribution in [2.75, 3.05) is 18.4 Å². The summed E-state index contributed by atoms with van der Waals surface area (Å²) in [6.45, 7) is 3.48. The van der Waals surface area contributed by atoms with E-state index in [4.69, 9.17) is 4.99 Å². The molecule has 5 rings (SSSR count). The number of nitrogens with one attached hydrogen (secondary N) is 3. The van der Waals surface area contributed by atoms with Crippen LogP contribution in [0.4, 0.5) is 5.69 Å². The van der Waals surface area contributed by atoms with Crippen molar-refractivity contribution < 1.29 is 0 Å². The van der Waals surface area contributed by atoms with Crippen LogP contribution >= 0.6 is 0 Å². The van der Waals surface area contributed by atoms with Crippen LogP contribution in [0.2, 0.25) is 0 Å². The molecule has 2 aromatic heterocycles. The topological polar surface area (TPSA) is 74.2 Å². The first-order chi connectivity index (χ1) is 17.1. The Labute approximate surface area is 204 Å². The minimum atomic E-state index is -0.102. The van der Waals surface area contributed by atoms with Crippen molar-refractivity contribution in [2.24, 2.45) is 12.0 Å². The van der Waals surface area contributed by atoms with Gasteiger partial charge in [-0.15, -0.1) is 0 Å². The van der Waals surface area contributed by atoms with Crippen molar-refractivity contribution in [2.45, 2.75) is 13.3 Å². The van der Waals surface area contributed by atoms with Crippen molar-refractivity contribution in [1.29, 1.82) is 0 Å². The minimum absolute atomic E-state index is 0.102. The highest BCUT2D eigenvalue weighted by Crippen LogP contribution is 2.29. The molecule has 0 aliphatic heterocycles. The quantitative estimate of drug-likeness (QED) is 0.236. The van der Waals surface area contributed by atoms with Crippen molar-refractivity contribution >= 4 is 33.5 Å². The average molecular weight is 464 g/mol. The number of aromatic amines is 1. The Morgan fingerprint density at radius 2 is 1.77 bits per heavy atom. The lowest BCUT2D eigenvalue weighted by molar-refractivity contribution is 0.912. The summed E-state index contributed by atoms with van der Waals surface area (Å²) in [7, 11) is 2.00. The first-order valence-corrected chi connectivity index (χ1v) is 11.9. The molecular weight excluding hydrogens is 434 g/mol. The molecule has 2 heterocycles. The first kappa shape index (κ1) is 22.5. The number of anilines is 1. The van der Waals surface area contributed by atoms with Crippen molar-refractivity contribution in [3.63, 3.8) is 0 Å². The molecule has 176 valence electrons. The van der Waals surface area contributed by atoms with E-state index < -0.39 is 0 Å². The van der Waals surface area contributed by atoms with Crippen LogP contribution in [0.25, 0.3) is 32.9 Å². The maximum absolute atomic E-state index is 13.1. The van der Waals surface area contributed by atoms with Gasteiger partial charge in [-0.1, -0.05) is 54.6 Å². The molecule has 0 spiro atoms. The number of H-pyrrole nitrogens is 1. The summed E-state index contributed by atoms with van der Waals surface area (Å²) >= 11 is 0. The number of hydrogen-bond donors (Lipinski definition) is 3. The van der Waals surface area contributed by atoms with Gasteiger partial charge in [0.2, 0.25) is 0 Å². The van der Waals surface area contributed by atoms with E-state index in [-0.39, 0.29) is 5.56 Å². The van der Waals surface area contributed by atoms with Crippen LogP contribution in [-0.4, -0.2) is 28.6 Å². The molecule has 0 aliphatic carbocycles. The summed E-state index contributed by atoms with van der Waals surface area (Å²) in [5.41, 5.74) is 5.52. The fourth-order valence-electron chi connectivity index (χ4n) is 4.42. The molecule has 0 saturated carbocycles. The number of hydrogen-bond acceptors (Lipinski definition) is 2. The zero-order valence-corrected chi connectivity index (χ0v) is 20.0. The Morgan fingerprint density at radius 3 is 2.60 bits per heavy atom. The van der Waals surface area contributed by atoms with E-state index in [1.807, 2.05) is 74.8 Å². The zero-order chi connectivity index (χ0) is 24.2. The van der Waals surface area contributed by atoms with Gasteiger partial charge in [0.05, 0.1) is 5.52 Å². The van der Waals surface area contributed by atoms with Crippen LogP contribution in [0.15, 0.2) is 94.8 Å². The van der Waals surface area contributed by atoms with Gasteiger partial charge in [-0.2, -0.15) is 0 Å². The number of benzene rings is 3. The maximum atomic E-state index is 13.1. The van der Waals surface area contributed by atoms with Crippen LogP contribution < -0.4 is 16.2 Å². The van der Waals surface area contributed by atoms with Crippen molar-refractivity contribution in [3.8, 4) is 11.1 Å². The summed E-state index contributed by atoms with van der Waals surface area (Å²) in [5, 5.41) is 8.70. The summed E-state index contributed by atoms with van der Waals surface area (Å²) in [6.07, 6.45) is 2.89. The van der Waals surface area contributed by atoms with E-state index in [1.165, 1.54) is 5.56 Å². The SMILES string of the molecule is CCNC(=NCCc1ccccc1)Nc1ccc2cc(-c3cn(C)c4ccccc34)c(=O)[nH]c2c1. The van der Waals surface area contributed by atoms with Crippen LogP contribution in [0, 0.1) is 0 Å². The molecule has 3 N–H and O–H groups in total. The van der Waals surface area contributed by atoms with Gasteiger partial charge < -0.3 is 20.2 Å². The molecule has 0 radical (unpaired) electrons. The van der Waals surface area contributed by atoms with Gasteiger partial charge in [-0.05, 0) is 48.6 Å². The average Bonchev–Trinajstić information content (AvgIpc) is 3.21. The highest BCUT2D eigenvalue weighted by atomic mass is 16.1. The first-order valence-electron chi connectivity index (χ1n) is 11.9. The number of aryl methyl sites for hydroxylation is 1. The number of fused-ring (bicyclic) bond motifs is 2. The van der Waals surface area contributed by atoms with Crippen LogP contribution in [0.5, 0.6) is 0 Å².